The lowest BCUT2D eigenvalue weighted by Gasteiger charge is -2.04. The van der Waals surface area contributed by atoms with Gasteiger partial charge in [0.1, 0.15) is 5.78 Å². The summed E-state index contributed by atoms with van der Waals surface area (Å²) in [5.74, 6) is 0.00537. The lowest BCUT2D eigenvalue weighted by Crippen LogP contribution is -1.99. The van der Waals surface area contributed by atoms with Gasteiger partial charge in [-0.1, -0.05) is 0 Å². The molecule has 0 saturated heterocycles. The number of hydrogen-bond donors (Lipinski definition) is 0. The Morgan fingerprint density at radius 1 is 1.53 bits per heavy atom. The Morgan fingerprint density at radius 3 is 2.67 bits per heavy atom. The number of non-ortho nitro benzene ring substituents is 1. The van der Waals surface area contributed by atoms with Crippen molar-refractivity contribution in [2.45, 2.75) is 18.2 Å². The van der Waals surface area contributed by atoms with E-state index in [1.54, 1.807) is 6.07 Å². The summed E-state index contributed by atoms with van der Waals surface area (Å²) < 4.78 is 0. The van der Waals surface area contributed by atoms with Crippen LogP contribution < -0.4 is 0 Å². The number of rotatable bonds is 4. The molecular formula is C10H11NO3S. The third-order valence-corrected chi connectivity index (χ3v) is 2.75. The second-order valence-corrected chi connectivity index (χ2v) is 3.98. The standard InChI is InChI=1S/C10H11NO3S/c1-7(12)5-8-6-9(11(13)14)3-4-10(8)15-2/h3-4,6H,5H2,1-2H3. The van der Waals surface area contributed by atoms with Crippen LogP contribution in [0.2, 0.25) is 0 Å². The molecule has 0 aliphatic rings. The maximum Gasteiger partial charge on any atom is 0.269 e. The Morgan fingerprint density at radius 2 is 2.20 bits per heavy atom. The summed E-state index contributed by atoms with van der Waals surface area (Å²) in [6.07, 6.45) is 2.13. The average molecular weight is 225 g/mol. The number of Topliss-reactive ketones (excluding diaryl/α,β-unsaturated/α-hetero) is 1. The second-order valence-electron chi connectivity index (χ2n) is 3.13. The summed E-state index contributed by atoms with van der Waals surface area (Å²) in [6, 6.07) is 4.60. The highest BCUT2D eigenvalue weighted by atomic mass is 32.2. The van der Waals surface area contributed by atoms with Gasteiger partial charge in [-0.15, -0.1) is 11.8 Å². The van der Waals surface area contributed by atoms with Crippen molar-refractivity contribution in [3.8, 4) is 0 Å². The van der Waals surface area contributed by atoms with Crippen LogP contribution in [-0.2, 0) is 11.2 Å². The van der Waals surface area contributed by atoms with E-state index in [-0.39, 0.29) is 17.9 Å². The molecule has 0 heterocycles. The monoisotopic (exact) mass is 225 g/mol. The molecule has 0 N–H and O–H groups in total. The van der Waals surface area contributed by atoms with Gasteiger partial charge < -0.3 is 0 Å². The molecule has 1 rings (SSSR count). The SMILES string of the molecule is CSc1ccc([N+](=O)[O-])cc1CC(C)=O. The van der Waals surface area contributed by atoms with Crippen molar-refractivity contribution in [3.63, 3.8) is 0 Å². The zero-order valence-corrected chi connectivity index (χ0v) is 9.34. The fraction of sp³-hybridized carbons (Fsp3) is 0.300. The lowest BCUT2D eigenvalue weighted by molar-refractivity contribution is -0.385. The Hall–Kier alpha value is -1.36. The van der Waals surface area contributed by atoms with E-state index in [0.717, 1.165) is 10.5 Å². The summed E-state index contributed by atoms with van der Waals surface area (Å²) in [5.41, 5.74) is 0.758. The van der Waals surface area contributed by atoms with Gasteiger partial charge in [-0.25, -0.2) is 0 Å². The molecule has 0 aromatic heterocycles. The van der Waals surface area contributed by atoms with E-state index in [1.165, 1.54) is 30.8 Å². The van der Waals surface area contributed by atoms with Crippen LogP contribution in [0.1, 0.15) is 12.5 Å². The fourth-order valence-electron chi connectivity index (χ4n) is 1.28. The number of ketones is 1. The number of benzene rings is 1. The van der Waals surface area contributed by atoms with Crippen LogP contribution in [0.5, 0.6) is 0 Å². The minimum Gasteiger partial charge on any atom is -0.300 e. The molecule has 1 aromatic rings. The molecule has 1 aromatic carbocycles. The van der Waals surface area contributed by atoms with Gasteiger partial charge in [-0.05, 0) is 24.8 Å². The molecule has 15 heavy (non-hydrogen) atoms. The second kappa shape index (κ2) is 4.93. The van der Waals surface area contributed by atoms with Crippen molar-refractivity contribution >= 4 is 23.2 Å². The molecule has 0 bridgehead atoms. The zero-order chi connectivity index (χ0) is 11.4. The largest absolute Gasteiger partial charge is 0.300 e. The first-order valence-corrected chi connectivity index (χ1v) is 5.58. The normalized spacial score (nSPS) is 10.0. The molecule has 0 saturated carbocycles. The Kier molecular flexibility index (Phi) is 3.85. The predicted molar refractivity (Wildman–Crippen MR) is 59.3 cm³/mol. The molecule has 0 fully saturated rings. The van der Waals surface area contributed by atoms with Crippen LogP contribution in [0, 0.1) is 10.1 Å². The number of thioether (sulfide) groups is 1. The maximum absolute atomic E-state index is 11.0. The molecule has 0 amide bonds. The van der Waals surface area contributed by atoms with E-state index in [2.05, 4.69) is 0 Å². The minimum atomic E-state index is -0.451. The first-order chi connectivity index (χ1) is 7.04. The molecule has 0 aliphatic carbocycles. The highest BCUT2D eigenvalue weighted by molar-refractivity contribution is 7.98. The average Bonchev–Trinajstić information content (AvgIpc) is 2.16. The Labute approximate surface area is 91.8 Å². The Balaban J connectivity index is 3.12. The summed E-state index contributed by atoms with van der Waals surface area (Å²) in [7, 11) is 0. The summed E-state index contributed by atoms with van der Waals surface area (Å²) in [4.78, 5) is 22.0. The number of nitrogens with zero attached hydrogens (tertiary/aromatic N) is 1. The number of nitro benzene ring substituents is 1. The maximum atomic E-state index is 11.0. The molecule has 0 spiro atoms. The first kappa shape index (κ1) is 11.7. The lowest BCUT2D eigenvalue weighted by atomic mass is 10.1. The van der Waals surface area contributed by atoms with Gasteiger partial charge in [0, 0.05) is 23.4 Å². The third-order valence-electron chi connectivity index (χ3n) is 1.91. The Bertz CT molecular complexity index is 404. The van der Waals surface area contributed by atoms with Crippen molar-refractivity contribution in [1.82, 2.24) is 0 Å². The van der Waals surface area contributed by atoms with Crippen molar-refractivity contribution in [2.75, 3.05) is 6.26 Å². The van der Waals surface area contributed by atoms with Crippen molar-refractivity contribution in [1.29, 1.82) is 0 Å². The van der Waals surface area contributed by atoms with Crippen LogP contribution in [0.25, 0.3) is 0 Å². The zero-order valence-electron chi connectivity index (χ0n) is 8.52. The van der Waals surface area contributed by atoms with E-state index < -0.39 is 4.92 Å². The van der Waals surface area contributed by atoms with Gasteiger partial charge in [0.05, 0.1) is 4.92 Å². The molecule has 0 atom stereocenters. The van der Waals surface area contributed by atoms with E-state index in [0.29, 0.717) is 0 Å². The molecule has 4 nitrogen and oxygen atoms in total. The fourth-order valence-corrected chi connectivity index (χ4v) is 1.88. The van der Waals surface area contributed by atoms with E-state index in [1.807, 2.05) is 6.26 Å². The summed E-state index contributed by atoms with van der Waals surface area (Å²) in [5, 5.41) is 10.6. The van der Waals surface area contributed by atoms with E-state index >= 15 is 0 Å². The highest BCUT2D eigenvalue weighted by Gasteiger charge is 2.11. The van der Waals surface area contributed by atoms with Gasteiger partial charge >= 0.3 is 0 Å². The van der Waals surface area contributed by atoms with Crippen molar-refractivity contribution in [3.05, 3.63) is 33.9 Å². The molecule has 5 heteroatoms. The molecule has 0 radical (unpaired) electrons. The topological polar surface area (TPSA) is 60.2 Å². The molecule has 0 unspecified atom stereocenters. The molecule has 80 valence electrons. The molecule has 0 aliphatic heterocycles. The van der Waals surface area contributed by atoms with Gasteiger partial charge in [-0.2, -0.15) is 0 Å². The van der Waals surface area contributed by atoms with Gasteiger partial charge in [0.2, 0.25) is 0 Å². The number of carbonyl (C=O) groups is 1. The minimum absolute atomic E-state index is 0.00537. The molecular weight excluding hydrogens is 214 g/mol. The van der Waals surface area contributed by atoms with Crippen LogP contribution in [0.3, 0.4) is 0 Å². The third kappa shape index (κ3) is 3.06. The van der Waals surface area contributed by atoms with Gasteiger partial charge in [0.25, 0.3) is 5.69 Å². The highest BCUT2D eigenvalue weighted by Crippen LogP contribution is 2.25. The summed E-state index contributed by atoms with van der Waals surface area (Å²) in [6.45, 7) is 1.48. The smallest absolute Gasteiger partial charge is 0.269 e. The van der Waals surface area contributed by atoms with E-state index in [9.17, 15) is 14.9 Å². The van der Waals surface area contributed by atoms with Crippen LogP contribution in [-0.4, -0.2) is 17.0 Å². The van der Waals surface area contributed by atoms with E-state index in [4.69, 9.17) is 0 Å². The van der Waals surface area contributed by atoms with Crippen LogP contribution in [0.15, 0.2) is 23.1 Å². The predicted octanol–water partition coefficient (Wildman–Crippen LogP) is 2.45. The number of hydrogen-bond acceptors (Lipinski definition) is 4. The quantitative estimate of drug-likeness (QED) is 0.448. The number of carbonyl (C=O) groups excluding carboxylic acids is 1. The number of nitro groups is 1. The first-order valence-electron chi connectivity index (χ1n) is 4.35. The van der Waals surface area contributed by atoms with Crippen LogP contribution in [0.4, 0.5) is 5.69 Å². The van der Waals surface area contributed by atoms with Crippen molar-refractivity contribution < 1.29 is 9.72 Å². The summed E-state index contributed by atoms with van der Waals surface area (Å²) >= 11 is 1.48. The van der Waals surface area contributed by atoms with Crippen molar-refractivity contribution in [2.24, 2.45) is 0 Å². The van der Waals surface area contributed by atoms with Gasteiger partial charge in [-0.3, -0.25) is 14.9 Å². The van der Waals surface area contributed by atoms with Gasteiger partial charge in [0.15, 0.2) is 0 Å². The van der Waals surface area contributed by atoms with Crippen LogP contribution >= 0.6 is 11.8 Å².